The molecule has 0 bridgehead atoms. The van der Waals surface area contributed by atoms with Crippen LogP contribution in [0.1, 0.15) is 11.3 Å². The van der Waals surface area contributed by atoms with E-state index in [1.54, 1.807) is 6.20 Å². The van der Waals surface area contributed by atoms with E-state index in [1.807, 2.05) is 0 Å². The van der Waals surface area contributed by atoms with Crippen molar-refractivity contribution in [2.45, 2.75) is 22.9 Å². The molecule has 0 unspecified atom stereocenters. The molecule has 0 aromatic carbocycles. The van der Waals surface area contributed by atoms with Gasteiger partial charge in [0.15, 0.2) is 5.16 Å². The first-order valence-corrected chi connectivity index (χ1v) is 5.77. The number of rotatable bonds is 3. The normalized spacial score (nSPS) is 11.8. The third kappa shape index (κ3) is 2.82. The van der Waals surface area contributed by atoms with Gasteiger partial charge >= 0.3 is 6.18 Å². The summed E-state index contributed by atoms with van der Waals surface area (Å²) >= 11 is 1.02. The Balaban J connectivity index is 2.37. The number of nitrogens with one attached hydrogen (secondary N) is 1. The summed E-state index contributed by atoms with van der Waals surface area (Å²) in [6, 6.07) is 2.26. The zero-order chi connectivity index (χ0) is 13.2. The van der Waals surface area contributed by atoms with E-state index < -0.39 is 11.9 Å². The molecule has 0 fully saturated rings. The average Bonchev–Trinajstić information content (AvgIpc) is 2.80. The molecule has 0 atom stereocenters. The molecule has 0 aliphatic carbocycles. The number of aromatic amines is 1. The largest absolute Gasteiger partial charge is 0.433 e. The second-order valence-electron chi connectivity index (χ2n) is 3.36. The smallest absolute Gasteiger partial charge is 0.339 e. The minimum absolute atomic E-state index is 0.119. The van der Waals surface area contributed by atoms with Crippen LogP contribution in [0.2, 0.25) is 0 Å². The molecular formula is C10H9F3N4S. The Morgan fingerprint density at radius 1 is 1.33 bits per heavy atom. The third-order valence-electron chi connectivity index (χ3n) is 2.12. The standard InChI is InChI=1S/C10H9F3N4S/c11-10(12,13)7-2-1-6(5-14)8(17-7)18-9-15-3-4-16-9/h1-4H,5,14H2,(H,15,16). The molecule has 8 heteroatoms. The fraction of sp³-hybridized carbons (Fsp3) is 0.200. The number of hydrogen-bond donors (Lipinski definition) is 2. The number of nitrogens with zero attached hydrogens (tertiary/aromatic N) is 2. The molecule has 2 aromatic rings. The molecule has 18 heavy (non-hydrogen) atoms. The second-order valence-corrected chi connectivity index (χ2v) is 4.34. The maximum atomic E-state index is 12.6. The van der Waals surface area contributed by atoms with Crippen molar-refractivity contribution in [2.75, 3.05) is 0 Å². The van der Waals surface area contributed by atoms with Crippen molar-refractivity contribution in [3.63, 3.8) is 0 Å². The molecule has 0 saturated carbocycles. The van der Waals surface area contributed by atoms with Crippen molar-refractivity contribution in [1.29, 1.82) is 0 Å². The minimum atomic E-state index is -4.47. The van der Waals surface area contributed by atoms with Crippen molar-refractivity contribution in [3.8, 4) is 0 Å². The molecule has 0 aliphatic heterocycles. The number of nitrogens with two attached hydrogens (primary N) is 1. The fourth-order valence-corrected chi connectivity index (χ4v) is 2.12. The molecule has 96 valence electrons. The lowest BCUT2D eigenvalue weighted by Gasteiger charge is -2.10. The second kappa shape index (κ2) is 4.99. The molecule has 3 N–H and O–H groups in total. The van der Waals surface area contributed by atoms with E-state index in [4.69, 9.17) is 5.73 Å². The van der Waals surface area contributed by atoms with Crippen molar-refractivity contribution in [1.82, 2.24) is 15.0 Å². The number of H-pyrrole nitrogens is 1. The van der Waals surface area contributed by atoms with E-state index in [0.29, 0.717) is 10.7 Å². The number of aromatic nitrogens is 3. The van der Waals surface area contributed by atoms with Crippen LogP contribution in [0.4, 0.5) is 13.2 Å². The lowest BCUT2D eigenvalue weighted by Crippen LogP contribution is -2.10. The molecule has 0 saturated heterocycles. The number of halogens is 3. The van der Waals surface area contributed by atoms with Crippen LogP contribution in [0.25, 0.3) is 0 Å². The summed E-state index contributed by atoms with van der Waals surface area (Å²) in [7, 11) is 0. The minimum Gasteiger partial charge on any atom is -0.339 e. The quantitative estimate of drug-likeness (QED) is 0.902. The van der Waals surface area contributed by atoms with Gasteiger partial charge in [0, 0.05) is 18.9 Å². The molecule has 0 spiro atoms. The molecule has 2 rings (SSSR count). The van der Waals surface area contributed by atoms with Crippen molar-refractivity contribution >= 4 is 11.8 Å². The predicted molar refractivity (Wildman–Crippen MR) is 59.8 cm³/mol. The summed E-state index contributed by atoms with van der Waals surface area (Å²) in [5, 5.41) is 0.679. The van der Waals surface area contributed by atoms with E-state index in [2.05, 4.69) is 15.0 Å². The molecule has 0 radical (unpaired) electrons. The first kappa shape index (κ1) is 12.9. The summed E-state index contributed by atoms with van der Waals surface area (Å²) in [5.74, 6) is 0. The molecule has 0 aliphatic rings. The van der Waals surface area contributed by atoms with Crippen LogP contribution >= 0.6 is 11.8 Å². The third-order valence-corrected chi connectivity index (χ3v) is 3.08. The maximum Gasteiger partial charge on any atom is 0.433 e. The Kier molecular flexibility index (Phi) is 3.58. The van der Waals surface area contributed by atoms with Crippen LogP contribution in [0.3, 0.4) is 0 Å². The summed E-state index contributed by atoms with van der Waals surface area (Å²) in [4.78, 5) is 10.3. The highest BCUT2D eigenvalue weighted by atomic mass is 32.2. The first-order valence-electron chi connectivity index (χ1n) is 4.95. The Labute approximate surface area is 105 Å². The highest BCUT2D eigenvalue weighted by Crippen LogP contribution is 2.32. The topological polar surface area (TPSA) is 67.6 Å². The molecular weight excluding hydrogens is 265 g/mol. The highest BCUT2D eigenvalue weighted by molar-refractivity contribution is 7.99. The van der Waals surface area contributed by atoms with Crippen LogP contribution < -0.4 is 5.73 Å². The van der Waals surface area contributed by atoms with Gasteiger partial charge in [0.25, 0.3) is 0 Å². The number of alkyl halides is 3. The van der Waals surface area contributed by atoms with Gasteiger partial charge in [-0.15, -0.1) is 0 Å². The number of pyridine rings is 1. The van der Waals surface area contributed by atoms with Crippen LogP contribution in [-0.2, 0) is 12.7 Å². The summed E-state index contributed by atoms with van der Waals surface area (Å²) < 4.78 is 37.7. The molecule has 0 amide bonds. The number of hydrogen-bond acceptors (Lipinski definition) is 4. The van der Waals surface area contributed by atoms with Crippen LogP contribution in [-0.4, -0.2) is 15.0 Å². The monoisotopic (exact) mass is 274 g/mol. The Morgan fingerprint density at radius 3 is 2.67 bits per heavy atom. The Morgan fingerprint density at radius 2 is 2.11 bits per heavy atom. The van der Waals surface area contributed by atoms with Crippen LogP contribution in [0.5, 0.6) is 0 Å². The Hall–Kier alpha value is -1.54. The van der Waals surface area contributed by atoms with Crippen LogP contribution in [0.15, 0.2) is 34.7 Å². The first-order chi connectivity index (χ1) is 8.50. The Bertz CT molecular complexity index is 524. The van der Waals surface area contributed by atoms with E-state index in [1.165, 1.54) is 12.3 Å². The van der Waals surface area contributed by atoms with E-state index in [9.17, 15) is 13.2 Å². The van der Waals surface area contributed by atoms with Gasteiger partial charge in [-0.25, -0.2) is 9.97 Å². The van der Waals surface area contributed by atoms with Crippen molar-refractivity contribution < 1.29 is 13.2 Å². The van der Waals surface area contributed by atoms with Gasteiger partial charge in [-0.2, -0.15) is 13.2 Å². The molecule has 2 heterocycles. The molecule has 2 aromatic heterocycles. The SMILES string of the molecule is NCc1ccc(C(F)(F)F)nc1Sc1ncc[nH]1. The van der Waals surface area contributed by atoms with E-state index in [0.717, 1.165) is 17.8 Å². The van der Waals surface area contributed by atoms with Gasteiger partial charge in [-0.1, -0.05) is 6.07 Å². The zero-order valence-electron chi connectivity index (χ0n) is 9.03. The van der Waals surface area contributed by atoms with Crippen molar-refractivity contribution in [2.24, 2.45) is 5.73 Å². The lowest BCUT2D eigenvalue weighted by atomic mass is 10.2. The molecule has 4 nitrogen and oxygen atoms in total. The zero-order valence-corrected chi connectivity index (χ0v) is 9.85. The summed E-state index contributed by atoms with van der Waals surface area (Å²) in [6.07, 6.45) is -1.37. The highest BCUT2D eigenvalue weighted by Gasteiger charge is 2.33. The van der Waals surface area contributed by atoms with Gasteiger partial charge in [0.05, 0.1) is 0 Å². The van der Waals surface area contributed by atoms with Crippen molar-refractivity contribution in [3.05, 3.63) is 35.8 Å². The maximum absolute atomic E-state index is 12.6. The predicted octanol–water partition coefficient (Wildman–Crippen LogP) is 2.43. The number of imidazole rings is 1. The summed E-state index contributed by atoms with van der Waals surface area (Å²) in [5.41, 5.74) is 5.08. The van der Waals surface area contributed by atoms with Gasteiger partial charge in [0.1, 0.15) is 10.7 Å². The van der Waals surface area contributed by atoms with Gasteiger partial charge in [-0.05, 0) is 23.4 Å². The fourth-order valence-electron chi connectivity index (χ4n) is 1.27. The average molecular weight is 274 g/mol. The van der Waals surface area contributed by atoms with Gasteiger partial charge < -0.3 is 10.7 Å². The lowest BCUT2D eigenvalue weighted by molar-refractivity contribution is -0.141. The van der Waals surface area contributed by atoms with E-state index >= 15 is 0 Å². The van der Waals surface area contributed by atoms with Crippen LogP contribution in [0, 0.1) is 0 Å². The van der Waals surface area contributed by atoms with E-state index in [-0.39, 0.29) is 11.6 Å². The van der Waals surface area contributed by atoms with Gasteiger partial charge in [-0.3, -0.25) is 0 Å². The summed E-state index contributed by atoms with van der Waals surface area (Å²) in [6.45, 7) is 0.119. The van der Waals surface area contributed by atoms with Gasteiger partial charge in [0.2, 0.25) is 0 Å².